The molecule has 16 heavy (non-hydrogen) atoms. The molecule has 6 heteroatoms. The topological polar surface area (TPSA) is 64.1 Å². The summed E-state index contributed by atoms with van der Waals surface area (Å²) in [5.41, 5.74) is 0. The lowest BCUT2D eigenvalue weighted by molar-refractivity contribution is 0.374. The van der Waals surface area contributed by atoms with E-state index in [4.69, 9.17) is 20.5 Å². The largest absolute Gasteiger partial charge is 0.441 e. The highest BCUT2D eigenvalue weighted by atomic mass is 35.5. The zero-order valence-corrected chi connectivity index (χ0v) is 9.62. The van der Waals surface area contributed by atoms with Crippen LogP contribution in [0, 0.1) is 0 Å². The Morgan fingerprint density at radius 2 is 2.31 bits per heavy atom. The van der Waals surface area contributed by atoms with Gasteiger partial charge in [0, 0.05) is 6.42 Å². The number of nitrogens with one attached hydrogen (secondary N) is 1. The third-order valence-electron chi connectivity index (χ3n) is 2.08. The normalized spacial score (nSPS) is 10.9. The van der Waals surface area contributed by atoms with Crippen LogP contribution in [0.15, 0.2) is 21.1 Å². The Balaban J connectivity index is 2.02. The maximum atomic E-state index is 5.66. The quantitative estimate of drug-likeness (QED) is 0.813. The van der Waals surface area contributed by atoms with Crippen molar-refractivity contribution in [2.45, 2.75) is 12.8 Å². The van der Waals surface area contributed by atoms with Gasteiger partial charge in [0.25, 0.3) is 0 Å². The molecule has 0 saturated heterocycles. The molecule has 0 aliphatic heterocycles. The molecule has 0 spiro atoms. The van der Waals surface area contributed by atoms with Gasteiger partial charge < -0.3 is 14.3 Å². The van der Waals surface area contributed by atoms with Crippen molar-refractivity contribution in [3.8, 4) is 11.6 Å². The average Bonchev–Trinajstić information content (AvgIpc) is 2.87. The molecular weight excluding hydrogens is 230 g/mol. The summed E-state index contributed by atoms with van der Waals surface area (Å²) >= 11 is 5.66. The second-order valence-corrected chi connectivity index (χ2v) is 3.70. The zero-order valence-electron chi connectivity index (χ0n) is 8.86. The molecular formula is C10H12ClN3O2. The highest BCUT2D eigenvalue weighted by Crippen LogP contribution is 2.22. The van der Waals surface area contributed by atoms with Crippen LogP contribution in [0.5, 0.6) is 0 Å². The molecule has 5 nitrogen and oxygen atoms in total. The molecule has 0 unspecified atom stereocenters. The summed E-state index contributed by atoms with van der Waals surface area (Å²) < 4.78 is 10.3. The van der Waals surface area contributed by atoms with Crippen molar-refractivity contribution >= 4 is 11.6 Å². The monoisotopic (exact) mass is 241 g/mol. The maximum absolute atomic E-state index is 5.66. The van der Waals surface area contributed by atoms with Crippen molar-refractivity contribution in [3.05, 3.63) is 23.2 Å². The first-order valence-corrected chi connectivity index (χ1v) is 5.40. The predicted octanol–water partition coefficient (Wildman–Crippen LogP) is 2.13. The van der Waals surface area contributed by atoms with Gasteiger partial charge in [-0.3, -0.25) is 0 Å². The van der Waals surface area contributed by atoms with Gasteiger partial charge in [-0.25, -0.2) is 0 Å². The third kappa shape index (κ3) is 2.62. The van der Waals surface area contributed by atoms with Gasteiger partial charge in [0.05, 0.1) is 0 Å². The molecule has 0 aromatic carbocycles. The summed E-state index contributed by atoms with van der Waals surface area (Å²) in [7, 11) is 1.91. The predicted molar refractivity (Wildman–Crippen MR) is 59.3 cm³/mol. The van der Waals surface area contributed by atoms with Crippen molar-refractivity contribution in [3.63, 3.8) is 0 Å². The fourth-order valence-electron chi connectivity index (χ4n) is 1.31. The van der Waals surface area contributed by atoms with Crippen LogP contribution < -0.4 is 5.32 Å². The molecule has 2 heterocycles. The van der Waals surface area contributed by atoms with Gasteiger partial charge in [-0.2, -0.15) is 4.98 Å². The number of aryl methyl sites for hydroxylation is 1. The molecule has 0 bridgehead atoms. The number of aromatic nitrogens is 2. The molecule has 0 saturated carbocycles. The minimum atomic E-state index is 0.316. The van der Waals surface area contributed by atoms with Gasteiger partial charge in [-0.05, 0) is 43.7 Å². The summed E-state index contributed by atoms with van der Waals surface area (Å²) in [4.78, 5) is 4.21. The minimum Gasteiger partial charge on any atom is -0.441 e. The van der Waals surface area contributed by atoms with Gasteiger partial charge in [0.1, 0.15) is 0 Å². The van der Waals surface area contributed by atoms with E-state index in [0.29, 0.717) is 22.7 Å². The molecule has 2 rings (SSSR count). The van der Waals surface area contributed by atoms with Crippen LogP contribution >= 0.6 is 11.6 Å². The maximum Gasteiger partial charge on any atom is 0.238 e. The number of halogens is 1. The van der Waals surface area contributed by atoms with Crippen molar-refractivity contribution in [1.82, 2.24) is 15.5 Å². The summed E-state index contributed by atoms with van der Waals surface area (Å²) in [6, 6.07) is 3.36. The van der Waals surface area contributed by atoms with E-state index in [-0.39, 0.29) is 0 Å². The fourth-order valence-corrected chi connectivity index (χ4v) is 1.45. The highest BCUT2D eigenvalue weighted by Gasteiger charge is 2.11. The third-order valence-corrected chi connectivity index (χ3v) is 2.28. The molecule has 2 aromatic rings. The van der Waals surface area contributed by atoms with E-state index < -0.39 is 0 Å². The van der Waals surface area contributed by atoms with Crippen molar-refractivity contribution in [1.29, 1.82) is 0 Å². The van der Waals surface area contributed by atoms with E-state index in [1.54, 1.807) is 12.1 Å². The molecule has 2 aromatic heterocycles. The molecule has 86 valence electrons. The van der Waals surface area contributed by atoms with Crippen LogP contribution in [0.2, 0.25) is 5.22 Å². The summed E-state index contributed by atoms with van der Waals surface area (Å²) in [6.45, 7) is 0.921. The SMILES string of the molecule is CNCCCc1nc(-c2ccc(Cl)o2)no1. The smallest absolute Gasteiger partial charge is 0.238 e. The van der Waals surface area contributed by atoms with Gasteiger partial charge in [-0.15, -0.1) is 0 Å². The second kappa shape index (κ2) is 5.14. The lowest BCUT2D eigenvalue weighted by Crippen LogP contribution is -2.08. The van der Waals surface area contributed by atoms with Gasteiger partial charge in [0.2, 0.25) is 11.7 Å². The molecule has 0 fully saturated rings. The van der Waals surface area contributed by atoms with Crippen molar-refractivity contribution < 1.29 is 8.94 Å². The highest BCUT2D eigenvalue weighted by molar-refractivity contribution is 6.28. The minimum absolute atomic E-state index is 0.316. The van der Waals surface area contributed by atoms with Crippen molar-refractivity contribution in [2.75, 3.05) is 13.6 Å². The van der Waals surface area contributed by atoms with Crippen LogP contribution in [0.4, 0.5) is 0 Å². The Morgan fingerprint density at radius 1 is 1.44 bits per heavy atom. The molecule has 0 radical (unpaired) electrons. The Morgan fingerprint density at radius 3 is 3.00 bits per heavy atom. The van der Waals surface area contributed by atoms with Gasteiger partial charge in [0.15, 0.2) is 11.0 Å². The molecule has 0 aliphatic rings. The summed E-state index contributed by atoms with van der Waals surface area (Å²) in [5, 5.41) is 7.19. The van der Waals surface area contributed by atoms with Crippen LogP contribution in [0.3, 0.4) is 0 Å². The first-order chi connectivity index (χ1) is 7.79. The van der Waals surface area contributed by atoms with E-state index >= 15 is 0 Å². The van der Waals surface area contributed by atoms with E-state index in [1.165, 1.54) is 0 Å². The van der Waals surface area contributed by atoms with Gasteiger partial charge >= 0.3 is 0 Å². The van der Waals surface area contributed by atoms with Crippen LogP contribution in [-0.2, 0) is 6.42 Å². The van der Waals surface area contributed by atoms with E-state index in [0.717, 1.165) is 19.4 Å². The Hall–Kier alpha value is -1.33. The number of nitrogens with zero attached hydrogens (tertiary/aromatic N) is 2. The number of furan rings is 1. The lowest BCUT2D eigenvalue weighted by atomic mass is 10.3. The van der Waals surface area contributed by atoms with Gasteiger partial charge in [-0.1, -0.05) is 5.16 Å². The Labute approximate surface area is 97.8 Å². The number of rotatable bonds is 5. The zero-order chi connectivity index (χ0) is 11.4. The molecule has 0 atom stereocenters. The number of hydrogen-bond donors (Lipinski definition) is 1. The fraction of sp³-hybridized carbons (Fsp3) is 0.400. The Kier molecular flexibility index (Phi) is 3.58. The molecule has 0 aliphatic carbocycles. The standard InChI is InChI=1S/C10H12ClN3O2/c1-12-6-2-3-9-13-10(14-16-9)7-4-5-8(11)15-7/h4-5,12H,2-3,6H2,1H3. The van der Waals surface area contributed by atoms with E-state index in [9.17, 15) is 0 Å². The summed E-state index contributed by atoms with van der Waals surface area (Å²) in [6.07, 6.45) is 1.71. The average molecular weight is 242 g/mol. The summed E-state index contributed by atoms with van der Waals surface area (Å²) in [5.74, 6) is 1.57. The molecule has 0 amide bonds. The second-order valence-electron chi connectivity index (χ2n) is 3.32. The van der Waals surface area contributed by atoms with Crippen LogP contribution in [0.1, 0.15) is 12.3 Å². The Bertz CT molecular complexity index is 452. The van der Waals surface area contributed by atoms with Crippen LogP contribution in [0.25, 0.3) is 11.6 Å². The van der Waals surface area contributed by atoms with Crippen LogP contribution in [-0.4, -0.2) is 23.7 Å². The first-order valence-electron chi connectivity index (χ1n) is 5.02. The lowest BCUT2D eigenvalue weighted by Gasteiger charge is -1.93. The molecule has 1 N–H and O–H groups in total. The van der Waals surface area contributed by atoms with E-state index in [2.05, 4.69) is 15.5 Å². The number of hydrogen-bond acceptors (Lipinski definition) is 5. The van der Waals surface area contributed by atoms with E-state index in [1.807, 2.05) is 7.05 Å². The van der Waals surface area contributed by atoms with Crippen molar-refractivity contribution in [2.24, 2.45) is 0 Å². The first kappa shape index (κ1) is 11.2.